The Hall–Kier alpha value is -3.36. The molecule has 10 nitrogen and oxygen atoms in total. The monoisotopic (exact) mass is 547 g/mol. The minimum Gasteiger partial charge on any atom is -0.342 e. The van der Waals surface area contributed by atoms with Crippen molar-refractivity contribution >= 4 is 63.9 Å². The first-order chi connectivity index (χ1) is 16.4. The van der Waals surface area contributed by atoms with Crippen molar-refractivity contribution in [2.24, 2.45) is 0 Å². The van der Waals surface area contributed by atoms with Crippen LogP contribution in [-0.2, 0) is 11.0 Å². The summed E-state index contributed by atoms with van der Waals surface area (Å²) in [7, 11) is 0. The second-order valence-corrected chi connectivity index (χ2v) is 8.67. The van der Waals surface area contributed by atoms with Gasteiger partial charge in [-0.25, -0.2) is 19.9 Å². The summed E-state index contributed by atoms with van der Waals surface area (Å²) in [5, 5.41) is 6.77. The van der Waals surface area contributed by atoms with Gasteiger partial charge in [-0.2, -0.15) is 13.2 Å². The molecule has 35 heavy (non-hydrogen) atoms. The Labute approximate surface area is 209 Å². The molecule has 3 rings (SSSR count). The highest BCUT2D eigenvalue weighted by molar-refractivity contribution is 7.13. The molecule has 0 bridgehead atoms. The van der Waals surface area contributed by atoms with Gasteiger partial charge in [0.25, 0.3) is 11.8 Å². The fourth-order valence-corrected chi connectivity index (χ4v) is 3.86. The maximum Gasteiger partial charge on any atom is 0.418 e. The largest absolute Gasteiger partial charge is 0.418 e. The number of nitrogens with zero attached hydrogens (tertiary/aromatic N) is 4. The highest BCUT2D eigenvalue weighted by Gasteiger charge is 2.34. The Balaban J connectivity index is 1.70. The van der Waals surface area contributed by atoms with Gasteiger partial charge in [0.1, 0.15) is 27.1 Å². The summed E-state index contributed by atoms with van der Waals surface area (Å²) in [4.78, 5) is 51.7. The SMILES string of the molecule is CC(=O)Nc1ncnc(C(=O)NC(C)c2ncc(C(=O)Nc3cc(C(F)(F)F)c(Cl)cn3)s2)c1Cl. The lowest BCUT2D eigenvalue weighted by Crippen LogP contribution is -2.28. The van der Waals surface area contributed by atoms with Crippen LogP contribution in [0.5, 0.6) is 0 Å². The summed E-state index contributed by atoms with van der Waals surface area (Å²) in [6.45, 7) is 2.83. The van der Waals surface area contributed by atoms with Crippen LogP contribution in [0.25, 0.3) is 0 Å². The van der Waals surface area contributed by atoms with E-state index in [2.05, 4.69) is 35.9 Å². The molecule has 0 aliphatic carbocycles. The molecule has 16 heteroatoms. The van der Waals surface area contributed by atoms with E-state index in [1.165, 1.54) is 13.1 Å². The lowest BCUT2D eigenvalue weighted by molar-refractivity contribution is -0.137. The molecule has 3 aromatic heterocycles. The number of amides is 3. The second kappa shape index (κ2) is 10.5. The highest BCUT2D eigenvalue weighted by Crippen LogP contribution is 2.35. The number of alkyl halides is 3. The zero-order valence-electron chi connectivity index (χ0n) is 17.7. The number of hydrogen-bond donors (Lipinski definition) is 3. The van der Waals surface area contributed by atoms with Gasteiger partial charge >= 0.3 is 6.18 Å². The third-order valence-corrected chi connectivity index (χ3v) is 6.00. The summed E-state index contributed by atoms with van der Waals surface area (Å²) < 4.78 is 39.0. The lowest BCUT2D eigenvalue weighted by Gasteiger charge is -2.12. The topological polar surface area (TPSA) is 139 Å². The number of rotatable bonds is 6. The van der Waals surface area contributed by atoms with Crippen molar-refractivity contribution in [2.45, 2.75) is 26.1 Å². The van der Waals surface area contributed by atoms with Gasteiger partial charge < -0.3 is 16.0 Å². The smallest absolute Gasteiger partial charge is 0.342 e. The molecule has 0 aliphatic rings. The average Bonchev–Trinajstić information content (AvgIpc) is 3.26. The number of hydrogen-bond acceptors (Lipinski definition) is 8. The molecular weight excluding hydrogens is 534 g/mol. The Morgan fingerprint density at radius 3 is 2.40 bits per heavy atom. The van der Waals surface area contributed by atoms with E-state index in [1.807, 2.05) is 0 Å². The van der Waals surface area contributed by atoms with Crippen molar-refractivity contribution in [3.8, 4) is 0 Å². The van der Waals surface area contributed by atoms with Crippen molar-refractivity contribution in [3.63, 3.8) is 0 Å². The van der Waals surface area contributed by atoms with E-state index in [0.29, 0.717) is 11.1 Å². The van der Waals surface area contributed by atoms with Gasteiger partial charge in [0, 0.05) is 13.1 Å². The lowest BCUT2D eigenvalue weighted by atomic mass is 10.2. The van der Waals surface area contributed by atoms with Crippen LogP contribution in [0, 0.1) is 0 Å². The van der Waals surface area contributed by atoms with E-state index < -0.39 is 40.5 Å². The Bertz CT molecular complexity index is 1300. The quantitative estimate of drug-likeness (QED) is 0.416. The third-order valence-electron chi connectivity index (χ3n) is 4.17. The summed E-state index contributed by atoms with van der Waals surface area (Å²) in [5.74, 6) is -2.28. The fourth-order valence-electron chi connectivity index (χ4n) is 2.60. The number of anilines is 2. The Morgan fingerprint density at radius 1 is 1.03 bits per heavy atom. The number of thiazole rings is 1. The maximum atomic E-state index is 13.0. The van der Waals surface area contributed by atoms with Gasteiger partial charge in [-0.3, -0.25) is 14.4 Å². The van der Waals surface area contributed by atoms with Crippen molar-refractivity contribution in [2.75, 3.05) is 10.6 Å². The molecule has 0 radical (unpaired) electrons. The Kier molecular flexibility index (Phi) is 7.87. The van der Waals surface area contributed by atoms with E-state index in [1.54, 1.807) is 6.92 Å². The summed E-state index contributed by atoms with van der Waals surface area (Å²) in [6, 6.07) is -0.0825. The summed E-state index contributed by atoms with van der Waals surface area (Å²) in [5.41, 5.74) is -1.34. The molecule has 0 aliphatic heterocycles. The van der Waals surface area contributed by atoms with Gasteiger partial charge in [-0.1, -0.05) is 23.2 Å². The zero-order valence-corrected chi connectivity index (χ0v) is 20.0. The van der Waals surface area contributed by atoms with Crippen molar-refractivity contribution in [1.29, 1.82) is 0 Å². The number of nitrogens with one attached hydrogen (secondary N) is 3. The zero-order chi connectivity index (χ0) is 25.9. The number of carbonyl (C=O) groups excluding carboxylic acids is 3. The van der Waals surface area contributed by atoms with Crippen molar-refractivity contribution in [1.82, 2.24) is 25.3 Å². The summed E-state index contributed by atoms with van der Waals surface area (Å²) in [6.07, 6.45) is -1.69. The van der Waals surface area contributed by atoms with Crippen LogP contribution in [0.3, 0.4) is 0 Å². The maximum absolute atomic E-state index is 13.0. The first-order valence-corrected chi connectivity index (χ1v) is 11.0. The number of pyridine rings is 1. The fraction of sp³-hybridized carbons (Fsp3) is 0.211. The number of halogens is 5. The van der Waals surface area contributed by atoms with E-state index in [-0.39, 0.29) is 27.2 Å². The highest BCUT2D eigenvalue weighted by atomic mass is 35.5. The molecule has 1 unspecified atom stereocenters. The van der Waals surface area contributed by atoms with Gasteiger partial charge in [-0.05, 0) is 13.0 Å². The molecule has 0 saturated heterocycles. The molecule has 3 heterocycles. The predicted octanol–water partition coefficient (Wildman–Crippen LogP) is 4.36. The van der Waals surface area contributed by atoms with Crippen molar-refractivity contribution in [3.05, 3.63) is 56.0 Å². The number of carbonyl (C=O) groups is 3. The van der Waals surface area contributed by atoms with Crippen LogP contribution >= 0.6 is 34.5 Å². The molecule has 0 spiro atoms. The van der Waals surface area contributed by atoms with Crippen LogP contribution in [0.2, 0.25) is 10.0 Å². The van der Waals surface area contributed by atoms with Gasteiger partial charge in [-0.15, -0.1) is 11.3 Å². The van der Waals surface area contributed by atoms with Gasteiger partial charge in [0.2, 0.25) is 5.91 Å². The minimum atomic E-state index is -4.72. The molecule has 3 amide bonds. The number of aromatic nitrogens is 4. The van der Waals surface area contributed by atoms with E-state index in [0.717, 1.165) is 23.9 Å². The molecule has 184 valence electrons. The van der Waals surface area contributed by atoms with E-state index >= 15 is 0 Å². The standard InChI is InChI=1S/C19H14Cl2F3N7O3S/c1-7(29-17(34)14-13(21)15(28-6-27-14)30-8(2)32)18-26-5-11(35-18)16(33)31-12-3-9(19(22,23)24)10(20)4-25-12/h3-7H,1-2H3,(H,29,34)(H,25,31,33)(H,27,28,30,32). The molecule has 0 aromatic carbocycles. The third kappa shape index (κ3) is 6.41. The summed E-state index contributed by atoms with van der Waals surface area (Å²) >= 11 is 12.5. The molecular formula is C19H14Cl2F3N7O3S. The Morgan fingerprint density at radius 2 is 1.74 bits per heavy atom. The first kappa shape index (κ1) is 26.2. The first-order valence-electron chi connectivity index (χ1n) is 9.45. The average molecular weight is 548 g/mol. The van der Waals surface area contributed by atoms with Crippen LogP contribution in [0.15, 0.2) is 24.8 Å². The van der Waals surface area contributed by atoms with Crippen molar-refractivity contribution < 1.29 is 27.6 Å². The van der Waals surface area contributed by atoms with Gasteiger partial charge in [0.15, 0.2) is 11.5 Å². The molecule has 3 N–H and O–H groups in total. The van der Waals surface area contributed by atoms with Crippen LogP contribution < -0.4 is 16.0 Å². The van der Waals surface area contributed by atoms with Crippen LogP contribution in [-0.4, -0.2) is 37.7 Å². The minimum absolute atomic E-state index is 0.0373. The van der Waals surface area contributed by atoms with Crippen LogP contribution in [0.4, 0.5) is 24.8 Å². The molecule has 0 saturated carbocycles. The normalized spacial score (nSPS) is 12.1. The molecule has 3 aromatic rings. The molecule has 1 atom stereocenters. The predicted molar refractivity (Wildman–Crippen MR) is 122 cm³/mol. The molecule has 0 fully saturated rings. The van der Waals surface area contributed by atoms with E-state index in [4.69, 9.17) is 23.2 Å². The van der Waals surface area contributed by atoms with Gasteiger partial charge in [0.05, 0.1) is 22.8 Å². The van der Waals surface area contributed by atoms with Crippen LogP contribution in [0.1, 0.15) is 50.6 Å². The second-order valence-electron chi connectivity index (χ2n) is 6.83. The van der Waals surface area contributed by atoms with E-state index in [9.17, 15) is 27.6 Å².